The Balaban J connectivity index is 1.91. The first-order valence-electron chi connectivity index (χ1n) is 7.33. The highest BCUT2D eigenvalue weighted by Gasteiger charge is 2.14. The number of benzene rings is 1. The molecule has 1 fully saturated rings. The molecule has 0 amide bonds. The summed E-state index contributed by atoms with van der Waals surface area (Å²) in [5.74, 6) is 0.852. The zero-order chi connectivity index (χ0) is 13.8. The molecule has 0 unspecified atom stereocenters. The topological polar surface area (TPSA) is 54.9 Å². The fraction of sp³-hybridized carbons (Fsp3) is 0.438. The van der Waals surface area contributed by atoms with Gasteiger partial charge in [-0.05, 0) is 31.0 Å². The van der Waals surface area contributed by atoms with Gasteiger partial charge in [0.2, 0.25) is 0 Å². The van der Waals surface area contributed by atoms with Gasteiger partial charge in [0, 0.05) is 17.0 Å². The molecular formula is C16H19N3O. The lowest BCUT2D eigenvalue weighted by atomic mass is 10.1. The highest BCUT2D eigenvalue weighted by Crippen LogP contribution is 2.24. The Bertz CT molecular complexity index is 604. The molecule has 3 rings (SSSR count). The Kier molecular flexibility index (Phi) is 3.90. The van der Waals surface area contributed by atoms with Crippen LogP contribution in [0, 0.1) is 0 Å². The second kappa shape index (κ2) is 5.99. The molecule has 20 heavy (non-hydrogen) atoms. The number of rotatable bonds is 3. The average molecular weight is 269 g/mol. The Labute approximate surface area is 118 Å². The van der Waals surface area contributed by atoms with Crippen molar-refractivity contribution in [2.24, 2.45) is 0 Å². The minimum Gasteiger partial charge on any atom is -0.367 e. The zero-order valence-electron chi connectivity index (χ0n) is 11.5. The van der Waals surface area contributed by atoms with Gasteiger partial charge in [-0.25, -0.2) is 9.97 Å². The van der Waals surface area contributed by atoms with Crippen LogP contribution >= 0.6 is 0 Å². The van der Waals surface area contributed by atoms with E-state index >= 15 is 0 Å². The van der Waals surface area contributed by atoms with Crippen LogP contribution in [0.2, 0.25) is 0 Å². The van der Waals surface area contributed by atoms with Crippen molar-refractivity contribution in [3.8, 4) is 0 Å². The molecule has 2 aromatic rings. The van der Waals surface area contributed by atoms with Gasteiger partial charge in [0.05, 0.1) is 5.52 Å². The molecule has 0 atom stereocenters. The summed E-state index contributed by atoms with van der Waals surface area (Å²) >= 11 is 0. The van der Waals surface area contributed by atoms with Gasteiger partial charge in [-0.3, -0.25) is 4.79 Å². The number of carbonyl (C=O) groups is 1. The molecule has 1 aliphatic rings. The van der Waals surface area contributed by atoms with E-state index in [0.29, 0.717) is 11.6 Å². The van der Waals surface area contributed by atoms with Crippen molar-refractivity contribution in [3.05, 3.63) is 30.1 Å². The third-order valence-corrected chi connectivity index (χ3v) is 3.99. The van der Waals surface area contributed by atoms with Crippen LogP contribution in [0.4, 0.5) is 5.82 Å². The standard InChI is InChI=1S/C16H19N3O/c20-10-12-7-8-15-14(9-12)16(18-11-17-15)19-13-5-3-1-2-4-6-13/h7-11,13H,1-6H2,(H,17,18,19). The second-order valence-corrected chi connectivity index (χ2v) is 5.45. The molecule has 1 N–H and O–H groups in total. The molecule has 4 nitrogen and oxygen atoms in total. The van der Waals surface area contributed by atoms with Crippen LogP contribution < -0.4 is 5.32 Å². The van der Waals surface area contributed by atoms with E-state index in [1.165, 1.54) is 38.5 Å². The summed E-state index contributed by atoms with van der Waals surface area (Å²) < 4.78 is 0. The Hall–Kier alpha value is -1.97. The van der Waals surface area contributed by atoms with Crippen LogP contribution in [-0.4, -0.2) is 22.3 Å². The summed E-state index contributed by atoms with van der Waals surface area (Å²) in [6, 6.07) is 6.01. The predicted octanol–water partition coefficient (Wildman–Crippen LogP) is 3.58. The third kappa shape index (κ3) is 2.79. The van der Waals surface area contributed by atoms with Gasteiger partial charge in [0.15, 0.2) is 0 Å². The molecule has 0 spiro atoms. The van der Waals surface area contributed by atoms with Gasteiger partial charge >= 0.3 is 0 Å². The summed E-state index contributed by atoms with van der Waals surface area (Å²) in [6.07, 6.45) is 10.1. The second-order valence-electron chi connectivity index (χ2n) is 5.45. The molecule has 1 aliphatic carbocycles. The lowest BCUT2D eigenvalue weighted by Crippen LogP contribution is -2.19. The highest BCUT2D eigenvalue weighted by molar-refractivity contribution is 5.93. The quantitative estimate of drug-likeness (QED) is 0.683. The predicted molar refractivity (Wildman–Crippen MR) is 80.0 cm³/mol. The normalized spacial score (nSPS) is 16.8. The molecular weight excluding hydrogens is 250 g/mol. The number of aromatic nitrogens is 2. The van der Waals surface area contributed by atoms with Crippen LogP contribution in [-0.2, 0) is 0 Å². The Morgan fingerprint density at radius 3 is 2.65 bits per heavy atom. The number of fused-ring (bicyclic) bond motifs is 1. The van der Waals surface area contributed by atoms with Gasteiger partial charge in [-0.1, -0.05) is 25.7 Å². The molecule has 0 saturated heterocycles. The van der Waals surface area contributed by atoms with E-state index in [1.807, 2.05) is 12.1 Å². The highest BCUT2D eigenvalue weighted by atomic mass is 16.1. The van der Waals surface area contributed by atoms with Crippen molar-refractivity contribution in [2.45, 2.75) is 44.6 Å². The van der Waals surface area contributed by atoms with Crippen molar-refractivity contribution >= 4 is 23.0 Å². The maximum Gasteiger partial charge on any atom is 0.150 e. The Morgan fingerprint density at radius 2 is 1.90 bits per heavy atom. The van der Waals surface area contributed by atoms with E-state index in [4.69, 9.17) is 0 Å². The largest absolute Gasteiger partial charge is 0.367 e. The minimum absolute atomic E-state index is 0.482. The van der Waals surface area contributed by atoms with Crippen LogP contribution in [0.25, 0.3) is 10.9 Å². The molecule has 1 heterocycles. The maximum absolute atomic E-state index is 10.9. The lowest BCUT2D eigenvalue weighted by Gasteiger charge is -2.17. The van der Waals surface area contributed by atoms with E-state index < -0.39 is 0 Å². The van der Waals surface area contributed by atoms with E-state index in [1.54, 1.807) is 12.4 Å². The van der Waals surface area contributed by atoms with E-state index in [-0.39, 0.29) is 0 Å². The molecule has 4 heteroatoms. The fourth-order valence-electron chi connectivity index (χ4n) is 2.88. The van der Waals surface area contributed by atoms with Gasteiger partial charge in [-0.2, -0.15) is 0 Å². The molecule has 1 saturated carbocycles. The summed E-state index contributed by atoms with van der Waals surface area (Å²) in [6.45, 7) is 0. The molecule has 1 aromatic heterocycles. The van der Waals surface area contributed by atoms with Gasteiger partial charge in [-0.15, -0.1) is 0 Å². The maximum atomic E-state index is 10.9. The minimum atomic E-state index is 0.482. The first kappa shape index (κ1) is 13.0. The van der Waals surface area contributed by atoms with Gasteiger partial charge < -0.3 is 5.32 Å². The molecule has 0 aliphatic heterocycles. The van der Waals surface area contributed by atoms with Crippen molar-refractivity contribution in [3.63, 3.8) is 0 Å². The van der Waals surface area contributed by atoms with Crippen molar-refractivity contribution in [1.82, 2.24) is 9.97 Å². The summed E-state index contributed by atoms with van der Waals surface area (Å²) in [4.78, 5) is 19.6. The fourth-order valence-corrected chi connectivity index (χ4v) is 2.88. The number of nitrogens with one attached hydrogen (secondary N) is 1. The van der Waals surface area contributed by atoms with Crippen molar-refractivity contribution in [1.29, 1.82) is 0 Å². The van der Waals surface area contributed by atoms with Crippen molar-refractivity contribution < 1.29 is 4.79 Å². The Morgan fingerprint density at radius 1 is 1.10 bits per heavy atom. The van der Waals surface area contributed by atoms with Crippen LogP contribution in [0.5, 0.6) is 0 Å². The molecule has 0 bridgehead atoms. The first-order chi connectivity index (χ1) is 9.86. The number of hydrogen-bond donors (Lipinski definition) is 1. The van der Waals surface area contributed by atoms with Gasteiger partial charge in [0.25, 0.3) is 0 Å². The number of carbonyl (C=O) groups excluding carboxylic acids is 1. The smallest absolute Gasteiger partial charge is 0.150 e. The van der Waals surface area contributed by atoms with Gasteiger partial charge in [0.1, 0.15) is 18.4 Å². The third-order valence-electron chi connectivity index (χ3n) is 3.99. The SMILES string of the molecule is O=Cc1ccc2ncnc(NC3CCCCCC3)c2c1. The van der Waals surface area contributed by atoms with E-state index in [9.17, 15) is 4.79 Å². The summed E-state index contributed by atoms with van der Waals surface area (Å²) in [5, 5.41) is 4.48. The summed E-state index contributed by atoms with van der Waals surface area (Å²) in [7, 11) is 0. The van der Waals surface area contributed by atoms with E-state index in [0.717, 1.165) is 23.0 Å². The number of aldehydes is 1. The summed E-state index contributed by atoms with van der Waals surface area (Å²) in [5.41, 5.74) is 1.54. The van der Waals surface area contributed by atoms with Crippen LogP contribution in [0.1, 0.15) is 48.9 Å². The van der Waals surface area contributed by atoms with Crippen LogP contribution in [0.15, 0.2) is 24.5 Å². The molecule has 0 radical (unpaired) electrons. The number of hydrogen-bond acceptors (Lipinski definition) is 4. The average Bonchev–Trinajstić information content (AvgIpc) is 2.76. The number of nitrogens with zero attached hydrogens (tertiary/aromatic N) is 2. The molecule has 1 aromatic carbocycles. The van der Waals surface area contributed by atoms with Crippen molar-refractivity contribution in [2.75, 3.05) is 5.32 Å². The lowest BCUT2D eigenvalue weighted by molar-refractivity contribution is 0.112. The first-order valence-corrected chi connectivity index (χ1v) is 7.33. The zero-order valence-corrected chi connectivity index (χ0v) is 11.5. The number of anilines is 1. The molecule has 104 valence electrons. The van der Waals surface area contributed by atoms with Crippen LogP contribution in [0.3, 0.4) is 0 Å². The monoisotopic (exact) mass is 269 g/mol. The van der Waals surface area contributed by atoms with E-state index in [2.05, 4.69) is 15.3 Å².